The minimum absolute atomic E-state index is 0.0369. The van der Waals surface area contributed by atoms with Crippen LogP contribution in [0.1, 0.15) is 24.0 Å². The van der Waals surface area contributed by atoms with Crippen molar-refractivity contribution in [2.75, 3.05) is 6.54 Å². The molecule has 0 aromatic heterocycles. The van der Waals surface area contributed by atoms with E-state index in [-0.39, 0.29) is 25.3 Å². The van der Waals surface area contributed by atoms with E-state index in [1.165, 1.54) is 6.08 Å². The van der Waals surface area contributed by atoms with E-state index in [0.717, 1.165) is 10.5 Å². The number of halogens is 3. The van der Waals surface area contributed by atoms with E-state index in [4.69, 9.17) is 4.74 Å². The Hall–Kier alpha value is -2.31. The average molecular weight is 337 g/mol. The van der Waals surface area contributed by atoms with Gasteiger partial charge in [-0.15, -0.1) is 0 Å². The molecule has 24 heavy (non-hydrogen) atoms. The summed E-state index contributed by atoms with van der Waals surface area (Å²) < 4.78 is 44.4. The van der Waals surface area contributed by atoms with Gasteiger partial charge in [0, 0.05) is 25.1 Å². The van der Waals surface area contributed by atoms with Crippen molar-refractivity contribution < 1.29 is 27.5 Å². The van der Waals surface area contributed by atoms with Crippen molar-refractivity contribution in [3.63, 3.8) is 0 Å². The molecular formula is C17H14F3NO3. The van der Waals surface area contributed by atoms with Crippen LogP contribution in [0, 0.1) is 0 Å². The first kappa shape index (κ1) is 15.2. The molecule has 0 saturated heterocycles. The number of alkyl halides is 3. The highest BCUT2D eigenvalue weighted by Crippen LogP contribution is 2.52. The molecule has 3 aliphatic rings. The monoisotopic (exact) mass is 337 g/mol. The van der Waals surface area contributed by atoms with Crippen molar-refractivity contribution >= 4 is 11.7 Å². The van der Waals surface area contributed by atoms with E-state index < -0.39 is 23.6 Å². The molecular weight excluding hydrogens is 323 g/mol. The number of rotatable bonds is 0. The number of ketones is 1. The van der Waals surface area contributed by atoms with Crippen LogP contribution in [0.5, 0.6) is 5.75 Å². The van der Waals surface area contributed by atoms with Crippen LogP contribution >= 0.6 is 0 Å². The molecule has 0 saturated carbocycles. The van der Waals surface area contributed by atoms with Gasteiger partial charge >= 0.3 is 12.1 Å². The van der Waals surface area contributed by atoms with Crippen LogP contribution in [0.15, 0.2) is 30.4 Å². The van der Waals surface area contributed by atoms with Gasteiger partial charge in [-0.25, -0.2) is 0 Å². The summed E-state index contributed by atoms with van der Waals surface area (Å²) >= 11 is 0. The van der Waals surface area contributed by atoms with Crippen LogP contribution in [-0.4, -0.2) is 35.4 Å². The van der Waals surface area contributed by atoms with Gasteiger partial charge < -0.3 is 9.64 Å². The number of benzene rings is 1. The Morgan fingerprint density at radius 2 is 2.12 bits per heavy atom. The lowest BCUT2D eigenvalue weighted by Gasteiger charge is -2.33. The number of allylic oxidation sites excluding steroid dienone is 1. The largest absolute Gasteiger partial charge is 0.488 e. The number of hydrogen-bond acceptors (Lipinski definition) is 3. The fraction of sp³-hybridized carbons (Fsp3) is 0.412. The van der Waals surface area contributed by atoms with Crippen LogP contribution in [0.25, 0.3) is 0 Å². The second kappa shape index (κ2) is 4.84. The summed E-state index contributed by atoms with van der Waals surface area (Å²) in [7, 11) is 0. The van der Waals surface area contributed by atoms with Crippen molar-refractivity contribution in [3.05, 3.63) is 41.5 Å². The van der Waals surface area contributed by atoms with E-state index in [9.17, 15) is 22.8 Å². The number of carbonyl (C=O) groups excluding carboxylic acids is 2. The minimum Gasteiger partial charge on any atom is -0.488 e. The van der Waals surface area contributed by atoms with Gasteiger partial charge in [-0.1, -0.05) is 18.2 Å². The molecule has 7 heteroatoms. The zero-order valence-electron chi connectivity index (χ0n) is 12.6. The Morgan fingerprint density at radius 1 is 1.33 bits per heavy atom. The molecule has 2 atom stereocenters. The van der Waals surface area contributed by atoms with Gasteiger partial charge in [-0.3, -0.25) is 9.59 Å². The van der Waals surface area contributed by atoms with E-state index >= 15 is 0 Å². The Balaban J connectivity index is 1.81. The summed E-state index contributed by atoms with van der Waals surface area (Å²) in [5, 5.41) is 0. The fourth-order valence-electron chi connectivity index (χ4n) is 3.99. The van der Waals surface area contributed by atoms with Gasteiger partial charge in [0.15, 0.2) is 5.78 Å². The van der Waals surface area contributed by atoms with Gasteiger partial charge in [0.2, 0.25) is 0 Å². The summed E-state index contributed by atoms with van der Waals surface area (Å²) in [6, 6.07) is 5.18. The predicted octanol–water partition coefficient (Wildman–Crippen LogP) is 2.51. The predicted molar refractivity (Wildman–Crippen MR) is 77.4 cm³/mol. The number of nitrogens with zero attached hydrogens (tertiary/aromatic N) is 1. The highest BCUT2D eigenvalue weighted by molar-refractivity contribution is 5.92. The number of carbonyl (C=O) groups is 2. The molecule has 0 N–H and O–H groups in total. The van der Waals surface area contributed by atoms with Crippen LogP contribution in [0.3, 0.4) is 0 Å². The molecule has 0 bridgehead atoms. The topological polar surface area (TPSA) is 46.6 Å². The van der Waals surface area contributed by atoms with Gasteiger partial charge in [0.05, 0.1) is 5.41 Å². The molecule has 2 aliphatic heterocycles. The van der Waals surface area contributed by atoms with Crippen molar-refractivity contribution in [1.29, 1.82) is 0 Å². The molecule has 2 unspecified atom stereocenters. The Kier molecular flexibility index (Phi) is 3.07. The third-order valence-electron chi connectivity index (χ3n) is 5.06. The second-order valence-electron chi connectivity index (χ2n) is 6.42. The summed E-state index contributed by atoms with van der Waals surface area (Å²) in [4.78, 5) is 24.3. The van der Waals surface area contributed by atoms with Gasteiger partial charge in [-0.05, 0) is 24.1 Å². The maximum Gasteiger partial charge on any atom is 0.471 e. The van der Waals surface area contributed by atoms with Gasteiger partial charge in [0.25, 0.3) is 0 Å². The molecule has 4 nitrogen and oxygen atoms in total. The molecule has 0 fully saturated rings. The lowest BCUT2D eigenvalue weighted by Crippen LogP contribution is -2.44. The molecule has 1 aliphatic carbocycles. The molecule has 4 rings (SSSR count). The molecule has 1 amide bonds. The summed E-state index contributed by atoms with van der Waals surface area (Å²) in [5.41, 5.74) is 0.820. The van der Waals surface area contributed by atoms with Crippen molar-refractivity contribution in [2.45, 2.75) is 37.1 Å². The SMILES string of the molecule is O=C1C=CC23CCN(C(=O)C(F)(F)F)Cc4cccc(c42)OC3C1. The van der Waals surface area contributed by atoms with E-state index in [0.29, 0.717) is 17.7 Å². The normalized spacial score (nSPS) is 28.0. The van der Waals surface area contributed by atoms with E-state index in [1.54, 1.807) is 24.3 Å². The molecule has 1 spiro atoms. The third-order valence-corrected chi connectivity index (χ3v) is 5.06. The first-order valence-corrected chi connectivity index (χ1v) is 7.68. The maximum atomic E-state index is 12.8. The standard InChI is InChI=1S/C17H14F3NO3/c18-17(19,20)15(23)21-7-6-16-5-4-11(22)8-13(16)24-12-3-1-2-10(9-21)14(12)16/h1-5,13H,6-9H2. The van der Waals surface area contributed by atoms with E-state index in [1.807, 2.05) is 0 Å². The summed E-state index contributed by atoms with van der Waals surface area (Å²) in [6.45, 7) is -0.147. The Bertz CT molecular complexity index is 771. The molecule has 2 heterocycles. The van der Waals surface area contributed by atoms with Gasteiger partial charge in [-0.2, -0.15) is 13.2 Å². The lowest BCUT2D eigenvalue weighted by atomic mass is 9.69. The molecule has 1 aromatic carbocycles. The average Bonchev–Trinajstić information content (AvgIpc) is 2.73. The Labute approximate surface area is 135 Å². The highest BCUT2D eigenvalue weighted by Gasteiger charge is 2.53. The lowest BCUT2D eigenvalue weighted by molar-refractivity contribution is -0.186. The van der Waals surface area contributed by atoms with Crippen molar-refractivity contribution in [3.8, 4) is 5.75 Å². The van der Waals surface area contributed by atoms with Gasteiger partial charge in [0.1, 0.15) is 11.9 Å². The molecule has 1 aromatic rings. The van der Waals surface area contributed by atoms with Crippen LogP contribution in [-0.2, 0) is 21.5 Å². The Morgan fingerprint density at radius 3 is 2.88 bits per heavy atom. The van der Waals surface area contributed by atoms with Crippen molar-refractivity contribution in [2.24, 2.45) is 0 Å². The zero-order valence-corrected chi connectivity index (χ0v) is 12.6. The van der Waals surface area contributed by atoms with Crippen molar-refractivity contribution in [1.82, 2.24) is 4.90 Å². The third kappa shape index (κ3) is 2.07. The number of ether oxygens (including phenoxy) is 1. The maximum absolute atomic E-state index is 12.8. The number of amides is 1. The quantitative estimate of drug-likeness (QED) is 0.731. The fourth-order valence-corrected chi connectivity index (χ4v) is 3.99. The second-order valence-corrected chi connectivity index (χ2v) is 6.42. The summed E-state index contributed by atoms with van der Waals surface area (Å²) in [6.07, 6.45) is -1.60. The smallest absolute Gasteiger partial charge is 0.471 e. The highest BCUT2D eigenvalue weighted by atomic mass is 19.4. The first-order valence-electron chi connectivity index (χ1n) is 7.68. The molecule has 126 valence electrons. The zero-order chi connectivity index (χ0) is 17.1. The number of hydrogen-bond donors (Lipinski definition) is 0. The minimum atomic E-state index is -4.90. The van der Waals surface area contributed by atoms with Crippen LogP contribution < -0.4 is 4.74 Å². The van der Waals surface area contributed by atoms with E-state index in [2.05, 4.69) is 0 Å². The summed E-state index contributed by atoms with van der Waals surface area (Å²) in [5.74, 6) is -1.30. The van der Waals surface area contributed by atoms with Crippen LogP contribution in [0.4, 0.5) is 13.2 Å². The van der Waals surface area contributed by atoms with Crippen LogP contribution in [0.2, 0.25) is 0 Å². The molecule has 0 radical (unpaired) electrons. The first-order chi connectivity index (χ1) is 11.3.